The number of ether oxygens (including phenoxy) is 1. The summed E-state index contributed by atoms with van der Waals surface area (Å²) in [4.78, 5) is 16.5. The first-order valence-corrected chi connectivity index (χ1v) is 8.80. The van der Waals surface area contributed by atoms with Gasteiger partial charge in [0.05, 0.1) is 13.2 Å². The molecular formula is C22H23N3O2. The fourth-order valence-electron chi connectivity index (χ4n) is 2.83. The first-order valence-electron chi connectivity index (χ1n) is 8.80. The van der Waals surface area contributed by atoms with E-state index in [1.165, 1.54) is 0 Å². The van der Waals surface area contributed by atoms with Crippen molar-refractivity contribution >= 4 is 11.7 Å². The van der Waals surface area contributed by atoms with E-state index < -0.39 is 0 Å². The Morgan fingerprint density at radius 1 is 1.04 bits per heavy atom. The highest BCUT2D eigenvalue weighted by molar-refractivity contribution is 5.89. The molecule has 0 saturated carbocycles. The first kappa shape index (κ1) is 18.5. The smallest absolute Gasteiger partial charge is 0.319 e. The van der Waals surface area contributed by atoms with Gasteiger partial charge in [0.1, 0.15) is 5.75 Å². The second-order valence-electron chi connectivity index (χ2n) is 6.36. The lowest BCUT2D eigenvalue weighted by Gasteiger charge is -2.16. The number of carbonyl (C=O) groups is 1. The average Bonchev–Trinajstić information content (AvgIpc) is 2.68. The van der Waals surface area contributed by atoms with Crippen LogP contribution in [0.15, 0.2) is 66.9 Å². The topological polar surface area (TPSA) is 63.2 Å². The minimum absolute atomic E-state index is 0.140. The summed E-state index contributed by atoms with van der Waals surface area (Å²) in [6.07, 6.45) is 1.80. The highest BCUT2D eigenvalue weighted by Crippen LogP contribution is 2.22. The molecule has 1 heterocycles. The summed E-state index contributed by atoms with van der Waals surface area (Å²) in [5.74, 6) is 0.767. The molecule has 1 atom stereocenters. The largest absolute Gasteiger partial charge is 0.497 e. The third-order valence-electron chi connectivity index (χ3n) is 4.31. The van der Waals surface area contributed by atoms with Crippen LogP contribution in [0.5, 0.6) is 5.75 Å². The number of carbonyl (C=O) groups excluding carboxylic acids is 1. The highest BCUT2D eigenvalue weighted by Gasteiger charge is 2.10. The molecule has 0 saturated heterocycles. The number of benzene rings is 2. The summed E-state index contributed by atoms with van der Waals surface area (Å²) in [5, 5.41) is 5.80. The normalized spacial score (nSPS) is 11.5. The molecule has 0 bridgehead atoms. The van der Waals surface area contributed by atoms with Crippen molar-refractivity contribution in [3.8, 4) is 16.9 Å². The van der Waals surface area contributed by atoms with Crippen molar-refractivity contribution in [2.75, 3.05) is 12.4 Å². The van der Waals surface area contributed by atoms with E-state index in [9.17, 15) is 4.79 Å². The number of rotatable bonds is 5. The molecule has 2 N–H and O–H groups in total. The Labute approximate surface area is 159 Å². The number of hydrogen-bond acceptors (Lipinski definition) is 3. The number of pyridine rings is 1. The molecule has 2 amide bonds. The molecular weight excluding hydrogens is 338 g/mol. The molecule has 0 fully saturated rings. The van der Waals surface area contributed by atoms with Crippen LogP contribution in [0.1, 0.15) is 24.2 Å². The van der Waals surface area contributed by atoms with Crippen molar-refractivity contribution in [1.82, 2.24) is 10.3 Å². The van der Waals surface area contributed by atoms with Gasteiger partial charge in [-0.1, -0.05) is 24.3 Å². The van der Waals surface area contributed by atoms with Crippen LogP contribution < -0.4 is 15.4 Å². The number of methoxy groups -OCH3 is 1. The summed E-state index contributed by atoms with van der Waals surface area (Å²) >= 11 is 0. The maximum atomic E-state index is 12.3. The molecule has 0 spiro atoms. The molecule has 0 aliphatic heterocycles. The van der Waals surface area contributed by atoms with Gasteiger partial charge in [-0.3, -0.25) is 4.98 Å². The molecule has 27 heavy (non-hydrogen) atoms. The quantitative estimate of drug-likeness (QED) is 0.676. The fraction of sp³-hybridized carbons (Fsp3) is 0.182. The van der Waals surface area contributed by atoms with Crippen molar-refractivity contribution in [2.24, 2.45) is 0 Å². The summed E-state index contributed by atoms with van der Waals surface area (Å²) in [5.41, 5.74) is 4.87. The van der Waals surface area contributed by atoms with Crippen LogP contribution >= 0.6 is 0 Å². The van der Waals surface area contributed by atoms with Crippen molar-refractivity contribution in [3.63, 3.8) is 0 Å². The number of amides is 2. The Kier molecular flexibility index (Phi) is 5.71. The van der Waals surface area contributed by atoms with Gasteiger partial charge in [-0.15, -0.1) is 0 Å². The molecule has 0 radical (unpaired) electrons. The van der Waals surface area contributed by atoms with Gasteiger partial charge in [0.25, 0.3) is 0 Å². The maximum absolute atomic E-state index is 12.3. The molecule has 3 rings (SSSR count). The Balaban J connectivity index is 1.62. The third kappa shape index (κ3) is 4.85. The van der Waals surface area contributed by atoms with Gasteiger partial charge in [0, 0.05) is 17.6 Å². The Morgan fingerprint density at radius 3 is 2.52 bits per heavy atom. The summed E-state index contributed by atoms with van der Waals surface area (Å²) in [7, 11) is 1.63. The van der Waals surface area contributed by atoms with Crippen LogP contribution in [0.25, 0.3) is 11.1 Å². The number of nitrogens with one attached hydrogen (secondary N) is 2. The molecule has 2 aromatic carbocycles. The molecule has 5 heteroatoms. The lowest BCUT2D eigenvalue weighted by molar-refractivity contribution is 0.249. The van der Waals surface area contributed by atoms with Crippen LogP contribution in [0.2, 0.25) is 0 Å². The molecule has 0 aliphatic carbocycles. The third-order valence-corrected chi connectivity index (χ3v) is 4.31. The number of aryl methyl sites for hydroxylation is 1. The summed E-state index contributed by atoms with van der Waals surface area (Å²) in [6, 6.07) is 19.0. The van der Waals surface area contributed by atoms with E-state index in [4.69, 9.17) is 4.74 Å². The van der Waals surface area contributed by atoms with E-state index in [2.05, 4.69) is 15.6 Å². The van der Waals surface area contributed by atoms with E-state index in [0.717, 1.165) is 33.8 Å². The van der Waals surface area contributed by atoms with E-state index in [1.807, 2.05) is 74.5 Å². The molecule has 1 aromatic heterocycles. The predicted octanol–water partition coefficient (Wildman–Crippen LogP) is 4.95. The zero-order valence-electron chi connectivity index (χ0n) is 15.7. The predicted molar refractivity (Wildman–Crippen MR) is 108 cm³/mol. The number of anilines is 1. The first-order chi connectivity index (χ1) is 13.0. The molecule has 3 aromatic rings. The number of hydrogen-bond donors (Lipinski definition) is 2. The van der Waals surface area contributed by atoms with Gasteiger partial charge in [-0.05, 0) is 66.9 Å². The van der Waals surface area contributed by atoms with Gasteiger partial charge < -0.3 is 15.4 Å². The standard InChI is InChI=1S/C22H23N3O2/c1-15-13-19(11-12-23-15)17-7-9-20(10-8-17)25-22(26)24-16(2)18-5-4-6-21(14-18)27-3/h4-14,16H,1-3H3,(H2,24,25,26). The van der Waals surface area contributed by atoms with Crippen molar-refractivity contribution < 1.29 is 9.53 Å². The highest BCUT2D eigenvalue weighted by atomic mass is 16.5. The Morgan fingerprint density at radius 2 is 1.81 bits per heavy atom. The second kappa shape index (κ2) is 8.36. The van der Waals surface area contributed by atoms with E-state index in [1.54, 1.807) is 13.3 Å². The average molecular weight is 361 g/mol. The number of urea groups is 1. The molecule has 5 nitrogen and oxygen atoms in total. The maximum Gasteiger partial charge on any atom is 0.319 e. The Hall–Kier alpha value is -3.34. The van der Waals surface area contributed by atoms with Crippen molar-refractivity contribution in [2.45, 2.75) is 19.9 Å². The fourth-order valence-corrected chi connectivity index (χ4v) is 2.83. The van der Waals surface area contributed by atoms with Crippen LogP contribution in [-0.4, -0.2) is 18.1 Å². The van der Waals surface area contributed by atoms with E-state index in [0.29, 0.717) is 0 Å². The zero-order valence-corrected chi connectivity index (χ0v) is 15.7. The van der Waals surface area contributed by atoms with Crippen molar-refractivity contribution in [1.29, 1.82) is 0 Å². The summed E-state index contributed by atoms with van der Waals surface area (Å²) in [6.45, 7) is 3.90. The van der Waals surface area contributed by atoms with E-state index in [-0.39, 0.29) is 12.1 Å². The minimum atomic E-state index is -0.252. The van der Waals surface area contributed by atoms with Crippen LogP contribution in [0.3, 0.4) is 0 Å². The molecule has 138 valence electrons. The second-order valence-corrected chi connectivity index (χ2v) is 6.36. The zero-order chi connectivity index (χ0) is 19.2. The van der Waals surface area contributed by atoms with Gasteiger partial charge >= 0.3 is 6.03 Å². The number of nitrogens with zero attached hydrogens (tertiary/aromatic N) is 1. The molecule has 0 aliphatic rings. The lowest BCUT2D eigenvalue weighted by Crippen LogP contribution is -2.31. The van der Waals surface area contributed by atoms with Crippen LogP contribution in [0.4, 0.5) is 10.5 Å². The van der Waals surface area contributed by atoms with Gasteiger partial charge in [-0.2, -0.15) is 0 Å². The Bertz CT molecular complexity index is 923. The SMILES string of the molecule is COc1cccc(C(C)NC(=O)Nc2ccc(-c3ccnc(C)c3)cc2)c1. The monoisotopic (exact) mass is 361 g/mol. The number of aromatic nitrogens is 1. The minimum Gasteiger partial charge on any atom is -0.497 e. The lowest BCUT2D eigenvalue weighted by atomic mass is 10.1. The van der Waals surface area contributed by atoms with Gasteiger partial charge in [0.15, 0.2) is 0 Å². The molecule has 1 unspecified atom stereocenters. The van der Waals surface area contributed by atoms with Gasteiger partial charge in [0.2, 0.25) is 0 Å². The van der Waals surface area contributed by atoms with Crippen molar-refractivity contribution in [3.05, 3.63) is 78.1 Å². The summed E-state index contributed by atoms with van der Waals surface area (Å²) < 4.78 is 5.23. The van der Waals surface area contributed by atoms with Gasteiger partial charge in [-0.25, -0.2) is 4.79 Å². The van der Waals surface area contributed by atoms with Crippen LogP contribution in [-0.2, 0) is 0 Å². The van der Waals surface area contributed by atoms with E-state index >= 15 is 0 Å². The van der Waals surface area contributed by atoms with Crippen LogP contribution in [0, 0.1) is 6.92 Å².